The summed E-state index contributed by atoms with van der Waals surface area (Å²) in [6, 6.07) is -0.882. The number of hydrogen-bond donors (Lipinski definition) is 1. The first-order valence-electron chi connectivity index (χ1n) is 5.84. The maximum absolute atomic E-state index is 12.2. The average molecular weight is 243 g/mol. The van der Waals surface area contributed by atoms with E-state index in [0.29, 0.717) is 19.8 Å². The second-order valence-electron chi connectivity index (χ2n) is 4.52. The largest absolute Gasteiger partial charge is 0.480 e. The van der Waals surface area contributed by atoms with Crippen molar-refractivity contribution in [1.29, 1.82) is 0 Å². The minimum absolute atomic E-state index is 0.0577. The quantitative estimate of drug-likeness (QED) is 0.722. The van der Waals surface area contributed by atoms with Crippen molar-refractivity contribution in [2.24, 2.45) is 5.92 Å². The number of rotatable bonds is 2. The molecule has 2 fully saturated rings. The molecule has 0 radical (unpaired) electrons. The Kier molecular flexibility index (Phi) is 3.63. The molecule has 2 aliphatic heterocycles. The fourth-order valence-electron chi connectivity index (χ4n) is 2.25. The molecule has 0 aliphatic carbocycles. The summed E-state index contributed by atoms with van der Waals surface area (Å²) in [5.41, 5.74) is 0. The van der Waals surface area contributed by atoms with E-state index in [1.807, 2.05) is 6.92 Å². The highest BCUT2D eigenvalue weighted by molar-refractivity contribution is 5.87. The van der Waals surface area contributed by atoms with Gasteiger partial charge in [-0.2, -0.15) is 0 Å². The fraction of sp³-hybridized carbons (Fsp3) is 0.818. The summed E-state index contributed by atoms with van der Waals surface area (Å²) in [4.78, 5) is 24.6. The van der Waals surface area contributed by atoms with Gasteiger partial charge in [0.1, 0.15) is 6.10 Å². The van der Waals surface area contributed by atoms with Crippen molar-refractivity contribution in [2.75, 3.05) is 26.4 Å². The third-order valence-corrected chi connectivity index (χ3v) is 3.33. The Morgan fingerprint density at radius 3 is 2.71 bits per heavy atom. The Morgan fingerprint density at radius 1 is 1.35 bits per heavy atom. The highest BCUT2D eigenvalue weighted by Gasteiger charge is 2.40. The van der Waals surface area contributed by atoms with Gasteiger partial charge in [-0.25, -0.2) is 4.79 Å². The van der Waals surface area contributed by atoms with Gasteiger partial charge in [0.05, 0.1) is 13.2 Å². The fourth-order valence-corrected chi connectivity index (χ4v) is 2.25. The normalized spacial score (nSPS) is 33.7. The van der Waals surface area contributed by atoms with Gasteiger partial charge in [-0.05, 0) is 12.3 Å². The summed E-state index contributed by atoms with van der Waals surface area (Å²) in [5, 5.41) is 9.05. The zero-order chi connectivity index (χ0) is 12.4. The number of carboxylic acid groups (broad SMARTS) is 1. The van der Waals surface area contributed by atoms with E-state index in [1.165, 1.54) is 4.90 Å². The average Bonchev–Trinajstić information content (AvgIpc) is 2.74. The molecule has 0 saturated carbocycles. The number of carboxylic acids is 1. The van der Waals surface area contributed by atoms with Crippen LogP contribution in [-0.4, -0.2) is 60.4 Å². The van der Waals surface area contributed by atoms with Crippen LogP contribution in [-0.2, 0) is 19.1 Å². The van der Waals surface area contributed by atoms with E-state index in [4.69, 9.17) is 14.6 Å². The van der Waals surface area contributed by atoms with Gasteiger partial charge in [0, 0.05) is 13.2 Å². The van der Waals surface area contributed by atoms with Gasteiger partial charge in [-0.1, -0.05) is 6.92 Å². The molecule has 2 heterocycles. The first-order chi connectivity index (χ1) is 8.11. The molecule has 3 unspecified atom stereocenters. The molecule has 1 amide bonds. The lowest BCUT2D eigenvalue weighted by Crippen LogP contribution is -2.55. The maximum atomic E-state index is 12.2. The predicted molar refractivity (Wildman–Crippen MR) is 57.5 cm³/mol. The summed E-state index contributed by atoms with van der Waals surface area (Å²) in [5.74, 6) is -1.09. The Labute approximate surface area is 99.5 Å². The van der Waals surface area contributed by atoms with E-state index in [2.05, 4.69) is 0 Å². The van der Waals surface area contributed by atoms with Crippen LogP contribution in [0.1, 0.15) is 13.3 Å². The van der Waals surface area contributed by atoms with Crippen molar-refractivity contribution in [3.63, 3.8) is 0 Å². The van der Waals surface area contributed by atoms with Gasteiger partial charge in [0.15, 0.2) is 6.04 Å². The van der Waals surface area contributed by atoms with Gasteiger partial charge >= 0.3 is 5.97 Å². The molecule has 2 saturated heterocycles. The molecule has 0 aromatic heterocycles. The van der Waals surface area contributed by atoms with Crippen LogP contribution >= 0.6 is 0 Å². The Bertz CT molecular complexity index is 319. The molecule has 1 N–H and O–H groups in total. The standard InChI is InChI=1S/C11H17NO5/c1-7-2-4-17-9(7)10(13)12-3-5-16-6-8(12)11(14)15/h7-9H,2-6H2,1H3,(H,14,15). The molecule has 0 aromatic rings. The van der Waals surface area contributed by atoms with Gasteiger partial charge in [0.2, 0.25) is 0 Å². The van der Waals surface area contributed by atoms with E-state index >= 15 is 0 Å². The van der Waals surface area contributed by atoms with Crippen LogP contribution in [0.3, 0.4) is 0 Å². The van der Waals surface area contributed by atoms with Crippen LogP contribution in [0.15, 0.2) is 0 Å². The number of morpholine rings is 1. The van der Waals surface area contributed by atoms with Crippen molar-refractivity contribution < 1.29 is 24.2 Å². The molecule has 96 valence electrons. The van der Waals surface area contributed by atoms with E-state index in [9.17, 15) is 9.59 Å². The zero-order valence-electron chi connectivity index (χ0n) is 9.80. The Hall–Kier alpha value is -1.14. The lowest BCUT2D eigenvalue weighted by molar-refractivity contribution is -0.163. The molecule has 6 nitrogen and oxygen atoms in total. The summed E-state index contributed by atoms with van der Waals surface area (Å²) in [7, 11) is 0. The second kappa shape index (κ2) is 5.01. The summed E-state index contributed by atoms with van der Waals surface area (Å²) in [6.07, 6.45) is 0.355. The summed E-state index contributed by atoms with van der Waals surface area (Å²) < 4.78 is 10.5. The molecule has 6 heteroatoms. The summed E-state index contributed by atoms with van der Waals surface area (Å²) >= 11 is 0. The highest BCUT2D eigenvalue weighted by atomic mass is 16.5. The smallest absolute Gasteiger partial charge is 0.328 e. The third kappa shape index (κ3) is 2.42. The number of nitrogens with zero attached hydrogens (tertiary/aromatic N) is 1. The van der Waals surface area contributed by atoms with Crippen molar-refractivity contribution in [3.05, 3.63) is 0 Å². The van der Waals surface area contributed by atoms with E-state index in [0.717, 1.165) is 6.42 Å². The maximum Gasteiger partial charge on any atom is 0.328 e. The number of ether oxygens (including phenoxy) is 2. The van der Waals surface area contributed by atoms with Crippen molar-refractivity contribution in [2.45, 2.75) is 25.5 Å². The van der Waals surface area contributed by atoms with Crippen molar-refractivity contribution >= 4 is 11.9 Å². The van der Waals surface area contributed by atoms with E-state index in [1.54, 1.807) is 0 Å². The topological polar surface area (TPSA) is 76.1 Å². The van der Waals surface area contributed by atoms with E-state index < -0.39 is 18.1 Å². The number of aliphatic carboxylic acids is 1. The van der Waals surface area contributed by atoms with Gasteiger partial charge in [-0.15, -0.1) is 0 Å². The zero-order valence-corrected chi connectivity index (χ0v) is 9.80. The van der Waals surface area contributed by atoms with Crippen LogP contribution in [0.4, 0.5) is 0 Å². The van der Waals surface area contributed by atoms with Crippen LogP contribution in [0.5, 0.6) is 0 Å². The van der Waals surface area contributed by atoms with Crippen LogP contribution in [0, 0.1) is 5.92 Å². The lowest BCUT2D eigenvalue weighted by Gasteiger charge is -2.34. The molecule has 2 aliphatic rings. The van der Waals surface area contributed by atoms with Crippen LogP contribution in [0.25, 0.3) is 0 Å². The Balaban J connectivity index is 2.08. The predicted octanol–water partition coefficient (Wildman–Crippen LogP) is -0.277. The Morgan fingerprint density at radius 2 is 2.12 bits per heavy atom. The van der Waals surface area contributed by atoms with E-state index in [-0.39, 0.29) is 18.4 Å². The molecular weight excluding hydrogens is 226 g/mol. The lowest BCUT2D eigenvalue weighted by atomic mass is 10.0. The van der Waals surface area contributed by atoms with Crippen LogP contribution in [0.2, 0.25) is 0 Å². The number of hydrogen-bond acceptors (Lipinski definition) is 4. The minimum Gasteiger partial charge on any atom is -0.480 e. The number of carbonyl (C=O) groups excluding carboxylic acids is 1. The first-order valence-corrected chi connectivity index (χ1v) is 5.84. The molecule has 3 atom stereocenters. The van der Waals surface area contributed by atoms with Crippen molar-refractivity contribution in [3.8, 4) is 0 Å². The minimum atomic E-state index is -1.02. The number of carbonyl (C=O) groups is 2. The molecule has 17 heavy (non-hydrogen) atoms. The molecular formula is C11H17NO5. The molecule has 0 aromatic carbocycles. The summed E-state index contributed by atoms with van der Waals surface area (Å²) in [6.45, 7) is 3.28. The van der Waals surface area contributed by atoms with Gasteiger partial charge in [0.25, 0.3) is 5.91 Å². The second-order valence-corrected chi connectivity index (χ2v) is 4.52. The SMILES string of the molecule is CC1CCOC1C(=O)N1CCOCC1C(=O)O. The number of amides is 1. The first kappa shape index (κ1) is 12.3. The highest BCUT2D eigenvalue weighted by Crippen LogP contribution is 2.23. The third-order valence-electron chi connectivity index (χ3n) is 3.33. The molecule has 0 spiro atoms. The van der Waals surface area contributed by atoms with Gasteiger partial charge in [-0.3, -0.25) is 4.79 Å². The monoisotopic (exact) mass is 243 g/mol. The molecule has 2 rings (SSSR count). The van der Waals surface area contributed by atoms with Crippen molar-refractivity contribution in [1.82, 2.24) is 4.90 Å². The van der Waals surface area contributed by atoms with Gasteiger partial charge < -0.3 is 19.5 Å². The molecule has 0 bridgehead atoms. The van der Waals surface area contributed by atoms with Crippen LogP contribution < -0.4 is 0 Å².